The number of carbonyl (C=O) groups is 1. The van der Waals surface area contributed by atoms with Gasteiger partial charge in [0, 0.05) is 13.0 Å². The molecule has 0 radical (unpaired) electrons. The third-order valence-electron chi connectivity index (χ3n) is 3.15. The Morgan fingerprint density at radius 2 is 1.93 bits per heavy atom. The minimum atomic E-state index is 0.0280. The Kier molecular flexibility index (Phi) is 3.66. The van der Waals surface area contributed by atoms with Gasteiger partial charge in [-0.1, -0.05) is 36.7 Å². The summed E-state index contributed by atoms with van der Waals surface area (Å²) in [6.45, 7) is 7.57. The van der Waals surface area contributed by atoms with E-state index in [1.54, 1.807) is 0 Å². The second-order valence-corrected chi connectivity index (χ2v) is 7.14. The molecule has 2 nitrogen and oxygen atoms in total. The summed E-state index contributed by atoms with van der Waals surface area (Å²) >= 11 is 3.53. The fourth-order valence-corrected chi connectivity index (χ4v) is 3.40. The van der Waals surface area contributed by atoms with Gasteiger partial charge in [-0.15, -0.1) is 0 Å². The van der Waals surface area contributed by atoms with Gasteiger partial charge in [-0.05, 0) is 31.3 Å². The monoisotopic (exact) mass is 275 g/mol. The average Bonchev–Trinajstić information content (AvgIpc) is 1.96. The summed E-state index contributed by atoms with van der Waals surface area (Å²) in [5.41, 5.74) is 0.203. The normalized spacial score (nSPS) is 35.9. The van der Waals surface area contributed by atoms with Crippen molar-refractivity contribution >= 4 is 21.7 Å². The quantitative estimate of drug-likeness (QED) is 0.723. The van der Waals surface area contributed by atoms with E-state index in [-0.39, 0.29) is 15.7 Å². The van der Waals surface area contributed by atoms with E-state index in [9.17, 15) is 4.79 Å². The second kappa shape index (κ2) is 4.17. The van der Waals surface area contributed by atoms with Crippen LogP contribution in [0.15, 0.2) is 0 Å². The molecule has 0 aromatic rings. The van der Waals surface area contributed by atoms with Gasteiger partial charge in [0.05, 0.1) is 4.83 Å². The summed E-state index contributed by atoms with van der Waals surface area (Å²) in [5, 5.41) is 0. The molecule has 0 aromatic heterocycles. The van der Waals surface area contributed by atoms with Gasteiger partial charge < -0.3 is 4.90 Å². The fraction of sp³-hybridized carbons (Fsp3) is 0.917. The van der Waals surface area contributed by atoms with Crippen molar-refractivity contribution in [3.8, 4) is 0 Å². The maximum atomic E-state index is 11.9. The van der Waals surface area contributed by atoms with Crippen molar-refractivity contribution < 1.29 is 4.79 Å². The molecule has 0 aromatic carbocycles. The summed E-state index contributed by atoms with van der Waals surface area (Å²) in [7, 11) is 4.14. The smallest absolute Gasteiger partial charge is 0.147 e. The molecule has 1 aliphatic rings. The number of rotatable bonds is 2. The van der Waals surface area contributed by atoms with Gasteiger partial charge in [-0.3, -0.25) is 4.79 Å². The third-order valence-corrected chi connectivity index (χ3v) is 4.90. The molecule has 0 aliphatic heterocycles. The number of halogens is 1. The summed E-state index contributed by atoms with van der Waals surface area (Å²) in [5.74, 6) is 0.357. The Morgan fingerprint density at radius 1 is 1.40 bits per heavy atom. The molecule has 88 valence electrons. The van der Waals surface area contributed by atoms with Gasteiger partial charge in [-0.25, -0.2) is 0 Å². The SMILES string of the molecule is CN(C)C[C@]1(C)CC(=O)[C@H](Br)C(C)(C)C1. The van der Waals surface area contributed by atoms with Crippen LogP contribution in [-0.2, 0) is 4.79 Å². The van der Waals surface area contributed by atoms with Crippen molar-refractivity contribution in [2.45, 2.75) is 38.4 Å². The highest BCUT2D eigenvalue weighted by Gasteiger charge is 2.46. The predicted molar refractivity (Wildman–Crippen MR) is 67.4 cm³/mol. The number of nitrogens with zero attached hydrogens (tertiary/aromatic N) is 1. The first kappa shape index (κ1) is 13.2. The molecule has 2 atom stereocenters. The Morgan fingerprint density at radius 3 is 2.33 bits per heavy atom. The van der Waals surface area contributed by atoms with Crippen LogP contribution in [0.4, 0.5) is 0 Å². The molecule has 0 spiro atoms. The van der Waals surface area contributed by atoms with Crippen molar-refractivity contribution in [1.29, 1.82) is 0 Å². The first-order valence-electron chi connectivity index (χ1n) is 5.48. The minimum Gasteiger partial charge on any atom is -0.309 e. The molecular formula is C12H22BrNO. The zero-order valence-corrected chi connectivity index (χ0v) is 12.0. The van der Waals surface area contributed by atoms with E-state index in [0.717, 1.165) is 13.0 Å². The largest absolute Gasteiger partial charge is 0.309 e. The number of hydrogen-bond acceptors (Lipinski definition) is 2. The highest BCUT2D eigenvalue weighted by molar-refractivity contribution is 9.10. The predicted octanol–water partition coefficient (Wildman–Crippen LogP) is 2.71. The van der Waals surface area contributed by atoms with E-state index in [2.05, 4.69) is 55.7 Å². The molecule has 0 bridgehead atoms. The molecule has 0 N–H and O–H groups in total. The lowest BCUT2D eigenvalue weighted by Gasteiger charge is -2.45. The fourth-order valence-electron chi connectivity index (χ4n) is 3.07. The summed E-state index contributed by atoms with van der Waals surface area (Å²) in [6.07, 6.45) is 1.80. The van der Waals surface area contributed by atoms with Crippen LogP contribution in [0.3, 0.4) is 0 Å². The molecule has 0 unspecified atom stereocenters. The molecule has 1 saturated carbocycles. The zero-order valence-electron chi connectivity index (χ0n) is 10.4. The highest BCUT2D eigenvalue weighted by atomic mass is 79.9. The Labute approximate surface area is 102 Å². The summed E-state index contributed by atoms with van der Waals surface area (Å²) < 4.78 is 0. The molecule has 1 rings (SSSR count). The number of alkyl halides is 1. The molecule has 15 heavy (non-hydrogen) atoms. The van der Waals surface area contributed by atoms with Gasteiger partial charge in [0.25, 0.3) is 0 Å². The second-order valence-electron chi connectivity index (χ2n) is 6.22. The van der Waals surface area contributed by atoms with Gasteiger partial charge >= 0.3 is 0 Å². The van der Waals surface area contributed by atoms with E-state index < -0.39 is 0 Å². The van der Waals surface area contributed by atoms with E-state index in [4.69, 9.17) is 0 Å². The maximum Gasteiger partial charge on any atom is 0.147 e. The van der Waals surface area contributed by atoms with Crippen LogP contribution in [0.25, 0.3) is 0 Å². The lowest BCUT2D eigenvalue weighted by molar-refractivity contribution is -0.126. The number of Topliss-reactive ketones (excluding diaryl/α,β-unsaturated/α-hetero) is 1. The lowest BCUT2D eigenvalue weighted by atomic mass is 9.64. The van der Waals surface area contributed by atoms with Gasteiger partial charge in [0.15, 0.2) is 0 Å². The molecule has 0 heterocycles. The van der Waals surface area contributed by atoms with Crippen molar-refractivity contribution in [3.63, 3.8) is 0 Å². The van der Waals surface area contributed by atoms with Crippen molar-refractivity contribution in [3.05, 3.63) is 0 Å². The van der Waals surface area contributed by atoms with Crippen LogP contribution in [0.1, 0.15) is 33.6 Å². The molecule has 1 fully saturated rings. The number of carbonyl (C=O) groups excluding carboxylic acids is 1. The standard InChI is InChI=1S/C12H22BrNO/c1-11(2)7-12(3,8-14(4)5)6-9(15)10(11)13/h10H,6-8H2,1-5H3/t10-,12+/m0/s1. The molecule has 3 heteroatoms. The van der Waals surface area contributed by atoms with Gasteiger partial charge in [0.2, 0.25) is 0 Å². The Balaban J connectivity index is 2.83. The van der Waals surface area contributed by atoms with Crippen LogP contribution >= 0.6 is 15.9 Å². The van der Waals surface area contributed by atoms with Crippen LogP contribution in [0, 0.1) is 10.8 Å². The van der Waals surface area contributed by atoms with E-state index in [0.29, 0.717) is 12.2 Å². The Hall–Kier alpha value is 0.110. The minimum absolute atomic E-state index is 0.0280. The number of hydrogen-bond donors (Lipinski definition) is 0. The Bertz CT molecular complexity index is 262. The van der Waals surface area contributed by atoms with E-state index >= 15 is 0 Å². The third kappa shape index (κ3) is 3.04. The molecular weight excluding hydrogens is 254 g/mol. The molecule has 0 saturated heterocycles. The highest BCUT2D eigenvalue weighted by Crippen LogP contribution is 2.47. The van der Waals surface area contributed by atoms with Crippen LogP contribution in [-0.4, -0.2) is 36.2 Å². The van der Waals surface area contributed by atoms with Crippen molar-refractivity contribution in [1.82, 2.24) is 4.90 Å². The van der Waals surface area contributed by atoms with Crippen LogP contribution in [0.5, 0.6) is 0 Å². The van der Waals surface area contributed by atoms with E-state index in [1.165, 1.54) is 0 Å². The molecule has 0 amide bonds. The first-order chi connectivity index (χ1) is 6.66. The van der Waals surface area contributed by atoms with Crippen molar-refractivity contribution in [2.75, 3.05) is 20.6 Å². The van der Waals surface area contributed by atoms with Crippen LogP contribution in [0.2, 0.25) is 0 Å². The number of ketones is 1. The summed E-state index contributed by atoms with van der Waals surface area (Å²) in [4.78, 5) is 14.1. The topological polar surface area (TPSA) is 20.3 Å². The summed E-state index contributed by atoms with van der Waals surface area (Å²) in [6, 6.07) is 0. The first-order valence-corrected chi connectivity index (χ1v) is 6.39. The average molecular weight is 276 g/mol. The molecule has 1 aliphatic carbocycles. The van der Waals surface area contributed by atoms with Crippen molar-refractivity contribution in [2.24, 2.45) is 10.8 Å². The lowest BCUT2D eigenvalue weighted by Crippen LogP contribution is -2.48. The maximum absolute atomic E-state index is 11.9. The van der Waals surface area contributed by atoms with Crippen LogP contribution < -0.4 is 0 Å². The van der Waals surface area contributed by atoms with Gasteiger partial charge in [-0.2, -0.15) is 0 Å². The zero-order chi connectivity index (χ0) is 11.9. The van der Waals surface area contributed by atoms with Gasteiger partial charge in [0.1, 0.15) is 5.78 Å². The van der Waals surface area contributed by atoms with E-state index in [1.807, 2.05) is 0 Å².